The number of rotatable bonds is 5. The molecule has 2 saturated heterocycles. The molecule has 0 aromatic carbocycles. The Hall–Kier alpha value is -1.63. The van der Waals surface area contributed by atoms with Crippen molar-refractivity contribution in [2.75, 3.05) is 26.3 Å². The molecule has 0 bridgehead atoms. The molecule has 3 rings (SSSR count). The average Bonchev–Trinajstić information content (AvgIpc) is 3.21. The van der Waals surface area contributed by atoms with Crippen molar-refractivity contribution >= 4 is 17.8 Å². The normalized spacial score (nSPS) is 26.7. The Morgan fingerprint density at radius 2 is 2.14 bits per heavy atom. The van der Waals surface area contributed by atoms with Gasteiger partial charge in [0.1, 0.15) is 5.54 Å². The standard InChI is InChI=1S/C15H23N3O4/c19-12(11-4-9-22-10-11)16-7-3-8-18-13(20)15(17-14(18)21)5-1-2-6-15/h11H,1-10H2,(H,16,19)(H,17,21)/t11-/m0/s1. The van der Waals surface area contributed by atoms with E-state index in [2.05, 4.69) is 10.6 Å². The molecule has 4 amide bonds. The lowest BCUT2D eigenvalue weighted by molar-refractivity contribution is -0.131. The van der Waals surface area contributed by atoms with Gasteiger partial charge in [0.05, 0.1) is 12.5 Å². The molecule has 1 atom stereocenters. The van der Waals surface area contributed by atoms with Gasteiger partial charge in [-0.3, -0.25) is 14.5 Å². The number of nitrogens with zero attached hydrogens (tertiary/aromatic N) is 1. The zero-order valence-corrected chi connectivity index (χ0v) is 12.7. The molecular weight excluding hydrogens is 286 g/mol. The van der Waals surface area contributed by atoms with E-state index in [4.69, 9.17) is 4.74 Å². The Balaban J connectivity index is 1.42. The quantitative estimate of drug-likeness (QED) is 0.568. The largest absolute Gasteiger partial charge is 0.381 e. The molecule has 0 aromatic rings. The lowest BCUT2D eigenvalue weighted by atomic mass is 9.98. The van der Waals surface area contributed by atoms with E-state index in [0.29, 0.717) is 32.7 Å². The summed E-state index contributed by atoms with van der Waals surface area (Å²) in [5, 5.41) is 5.71. The number of urea groups is 1. The summed E-state index contributed by atoms with van der Waals surface area (Å²) >= 11 is 0. The van der Waals surface area contributed by atoms with Crippen LogP contribution in [0, 0.1) is 5.92 Å². The van der Waals surface area contributed by atoms with Crippen LogP contribution >= 0.6 is 0 Å². The molecule has 2 aliphatic heterocycles. The van der Waals surface area contributed by atoms with Crippen LogP contribution in [0.3, 0.4) is 0 Å². The summed E-state index contributed by atoms with van der Waals surface area (Å²) in [5.41, 5.74) is -0.637. The molecule has 0 unspecified atom stereocenters. The second kappa shape index (κ2) is 6.24. The summed E-state index contributed by atoms with van der Waals surface area (Å²) in [6.45, 7) is 1.96. The van der Waals surface area contributed by atoms with Crippen molar-refractivity contribution in [3.05, 3.63) is 0 Å². The highest BCUT2D eigenvalue weighted by molar-refractivity contribution is 6.07. The maximum Gasteiger partial charge on any atom is 0.325 e. The first-order valence-corrected chi connectivity index (χ1v) is 8.12. The Morgan fingerprint density at radius 1 is 1.36 bits per heavy atom. The molecule has 1 spiro atoms. The van der Waals surface area contributed by atoms with E-state index in [1.54, 1.807) is 0 Å². The summed E-state index contributed by atoms with van der Waals surface area (Å²) in [4.78, 5) is 37.5. The predicted molar refractivity (Wildman–Crippen MR) is 78.0 cm³/mol. The maximum atomic E-state index is 12.4. The van der Waals surface area contributed by atoms with Crippen LogP contribution < -0.4 is 10.6 Å². The highest BCUT2D eigenvalue weighted by Crippen LogP contribution is 2.34. The summed E-state index contributed by atoms with van der Waals surface area (Å²) in [5.74, 6) is -0.147. The molecule has 22 heavy (non-hydrogen) atoms. The second-order valence-electron chi connectivity index (χ2n) is 6.38. The molecule has 122 valence electrons. The van der Waals surface area contributed by atoms with E-state index in [1.165, 1.54) is 4.90 Å². The number of carbonyl (C=O) groups excluding carboxylic acids is 3. The van der Waals surface area contributed by atoms with Crippen LogP contribution in [-0.4, -0.2) is 54.6 Å². The minimum absolute atomic E-state index is 0.00182. The molecule has 2 heterocycles. The summed E-state index contributed by atoms with van der Waals surface area (Å²) in [7, 11) is 0. The van der Waals surface area contributed by atoms with E-state index in [0.717, 1.165) is 32.1 Å². The van der Waals surface area contributed by atoms with Crippen LogP contribution in [0.15, 0.2) is 0 Å². The van der Waals surface area contributed by atoms with Crippen LogP contribution in [0.1, 0.15) is 38.5 Å². The molecule has 1 aliphatic carbocycles. The maximum absolute atomic E-state index is 12.4. The van der Waals surface area contributed by atoms with E-state index >= 15 is 0 Å². The Morgan fingerprint density at radius 3 is 2.82 bits per heavy atom. The molecule has 3 fully saturated rings. The number of hydrogen-bond acceptors (Lipinski definition) is 4. The van der Waals surface area contributed by atoms with Crippen LogP contribution in [0.5, 0.6) is 0 Å². The molecule has 1 saturated carbocycles. The number of hydrogen-bond donors (Lipinski definition) is 2. The van der Waals surface area contributed by atoms with Crippen LogP contribution in [0.4, 0.5) is 4.79 Å². The number of amides is 4. The van der Waals surface area contributed by atoms with Crippen molar-refractivity contribution < 1.29 is 19.1 Å². The molecule has 2 N–H and O–H groups in total. The smallest absolute Gasteiger partial charge is 0.325 e. The van der Waals surface area contributed by atoms with Crippen molar-refractivity contribution in [3.63, 3.8) is 0 Å². The number of ether oxygens (including phenoxy) is 1. The number of nitrogens with one attached hydrogen (secondary N) is 2. The summed E-state index contributed by atoms with van der Waals surface area (Å²) < 4.78 is 5.18. The van der Waals surface area contributed by atoms with Crippen molar-refractivity contribution in [3.8, 4) is 0 Å². The fourth-order valence-electron chi connectivity index (χ4n) is 3.53. The third-order valence-corrected chi connectivity index (χ3v) is 4.86. The van der Waals surface area contributed by atoms with Crippen LogP contribution in [0.2, 0.25) is 0 Å². The Kier molecular flexibility index (Phi) is 4.33. The Bertz CT molecular complexity index is 467. The third-order valence-electron chi connectivity index (χ3n) is 4.86. The monoisotopic (exact) mass is 309 g/mol. The van der Waals surface area contributed by atoms with Gasteiger partial charge in [-0.15, -0.1) is 0 Å². The minimum atomic E-state index is -0.637. The van der Waals surface area contributed by atoms with Crippen molar-refractivity contribution in [1.82, 2.24) is 15.5 Å². The molecule has 0 aromatic heterocycles. The van der Waals surface area contributed by atoms with Crippen LogP contribution in [0.25, 0.3) is 0 Å². The molecule has 7 nitrogen and oxygen atoms in total. The van der Waals surface area contributed by atoms with Crippen molar-refractivity contribution in [2.45, 2.75) is 44.1 Å². The molecule has 0 radical (unpaired) electrons. The van der Waals surface area contributed by atoms with Crippen molar-refractivity contribution in [2.24, 2.45) is 5.92 Å². The average molecular weight is 309 g/mol. The molecular formula is C15H23N3O4. The van der Waals surface area contributed by atoms with Gasteiger partial charge in [-0.05, 0) is 25.7 Å². The van der Waals surface area contributed by atoms with Crippen LogP contribution in [-0.2, 0) is 14.3 Å². The van der Waals surface area contributed by atoms with Gasteiger partial charge >= 0.3 is 6.03 Å². The SMILES string of the molecule is O=C(NCCCN1C(=O)NC2(CCCC2)C1=O)[C@H]1CCOC1. The van der Waals surface area contributed by atoms with Gasteiger partial charge in [0, 0.05) is 19.7 Å². The lowest BCUT2D eigenvalue weighted by Crippen LogP contribution is -2.44. The fraction of sp³-hybridized carbons (Fsp3) is 0.800. The topological polar surface area (TPSA) is 87.7 Å². The van der Waals surface area contributed by atoms with E-state index in [9.17, 15) is 14.4 Å². The van der Waals surface area contributed by atoms with Gasteiger partial charge in [0.15, 0.2) is 0 Å². The van der Waals surface area contributed by atoms with Gasteiger partial charge in [-0.25, -0.2) is 4.79 Å². The highest BCUT2D eigenvalue weighted by Gasteiger charge is 2.51. The summed E-state index contributed by atoms with van der Waals surface area (Å²) in [6.07, 6.45) is 4.80. The second-order valence-corrected chi connectivity index (χ2v) is 6.38. The zero-order valence-electron chi connectivity index (χ0n) is 12.7. The number of carbonyl (C=O) groups is 3. The van der Waals surface area contributed by atoms with Gasteiger partial charge < -0.3 is 15.4 Å². The highest BCUT2D eigenvalue weighted by atomic mass is 16.5. The van der Waals surface area contributed by atoms with Gasteiger partial charge in [0.2, 0.25) is 5.91 Å². The summed E-state index contributed by atoms with van der Waals surface area (Å²) in [6, 6.07) is -0.289. The first kappa shape index (κ1) is 15.3. The molecule has 3 aliphatic rings. The third kappa shape index (κ3) is 2.82. The zero-order chi connectivity index (χ0) is 15.6. The van der Waals surface area contributed by atoms with E-state index in [1.807, 2.05) is 0 Å². The predicted octanol–water partition coefficient (Wildman–Crippen LogP) is 0.394. The molecule has 7 heteroatoms. The fourth-order valence-corrected chi connectivity index (χ4v) is 3.53. The first-order valence-electron chi connectivity index (χ1n) is 8.12. The lowest BCUT2D eigenvalue weighted by Gasteiger charge is -2.20. The number of imide groups is 1. The first-order chi connectivity index (χ1) is 10.6. The van der Waals surface area contributed by atoms with Gasteiger partial charge in [-0.1, -0.05) is 12.8 Å². The van der Waals surface area contributed by atoms with Crippen molar-refractivity contribution in [1.29, 1.82) is 0 Å². The Labute approximate surface area is 129 Å². The minimum Gasteiger partial charge on any atom is -0.381 e. The van der Waals surface area contributed by atoms with Gasteiger partial charge in [0.25, 0.3) is 5.91 Å². The van der Waals surface area contributed by atoms with Gasteiger partial charge in [-0.2, -0.15) is 0 Å². The van der Waals surface area contributed by atoms with E-state index in [-0.39, 0.29) is 23.8 Å². The van der Waals surface area contributed by atoms with E-state index < -0.39 is 5.54 Å².